The summed E-state index contributed by atoms with van der Waals surface area (Å²) in [7, 11) is 0. The molecule has 0 amide bonds. The van der Waals surface area contributed by atoms with Crippen molar-refractivity contribution < 1.29 is 0 Å². The Labute approximate surface area is 124 Å². The maximum atomic E-state index is 5.83. The molecule has 0 fully saturated rings. The van der Waals surface area contributed by atoms with Crippen molar-refractivity contribution >= 4 is 40.7 Å². The number of benzene rings is 1. The first-order chi connectivity index (χ1) is 8.37. The lowest BCUT2D eigenvalue weighted by atomic mass is 10.1. The second-order valence-electron chi connectivity index (χ2n) is 4.93. The lowest BCUT2D eigenvalue weighted by Crippen LogP contribution is -2.46. The van der Waals surface area contributed by atoms with Gasteiger partial charge >= 0.3 is 0 Å². The van der Waals surface area contributed by atoms with E-state index in [1.807, 2.05) is 24.3 Å². The van der Waals surface area contributed by atoms with Gasteiger partial charge in [0, 0.05) is 27.8 Å². The van der Waals surface area contributed by atoms with Gasteiger partial charge in [-0.15, -0.1) is 11.8 Å². The Balaban J connectivity index is 2.19. The van der Waals surface area contributed by atoms with Crippen LogP contribution in [0.3, 0.4) is 0 Å². The van der Waals surface area contributed by atoms with Crippen LogP contribution in [0.4, 0.5) is 0 Å². The van der Waals surface area contributed by atoms with Crippen LogP contribution in [0.5, 0.6) is 0 Å². The molecule has 0 atom stereocenters. The van der Waals surface area contributed by atoms with Crippen LogP contribution in [0, 0.1) is 0 Å². The Hall–Kier alpha value is -0.450. The summed E-state index contributed by atoms with van der Waals surface area (Å²) < 4.78 is 0. The van der Waals surface area contributed by atoms with Crippen molar-refractivity contribution in [2.45, 2.75) is 31.2 Å². The Morgan fingerprint density at radius 1 is 1.28 bits per heavy atom. The van der Waals surface area contributed by atoms with E-state index in [1.165, 1.54) is 4.90 Å². The molecule has 0 unspecified atom stereocenters. The summed E-state index contributed by atoms with van der Waals surface area (Å²) in [5.74, 6) is 0.966. The predicted molar refractivity (Wildman–Crippen MR) is 85.7 cm³/mol. The van der Waals surface area contributed by atoms with Gasteiger partial charge in [0.25, 0.3) is 0 Å². The fourth-order valence-corrected chi connectivity index (χ4v) is 2.55. The van der Waals surface area contributed by atoms with Crippen molar-refractivity contribution in [2.75, 3.05) is 12.3 Å². The standard InChI is InChI=1S/C13H19ClN2S2/c1-13(2,3)16-12(17)15-8-9-18-11-6-4-10(14)5-7-11/h4-7H,8-9H2,1-3H3,(H2,15,16,17). The van der Waals surface area contributed by atoms with Gasteiger partial charge in [0.2, 0.25) is 0 Å². The maximum Gasteiger partial charge on any atom is 0.166 e. The number of thiocarbonyl (C=S) groups is 1. The summed E-state index contributed by atoms with van der Waals surface area (Å²) in [5.41, 5.74) is 0.00735. The van der Waals surface area contributed by atoms with Gasteiger partial charge in [0.15, 0.2) is 5.11 Å². The molecule has 5 heteroatoms. The molecule has 0 aromatic heterocycles. The summed E-state index contributed by atoms with van der Waals surface area (Å²) in [6.07, 6.45) is 0. The normalized spacial score (nSPS) is 11.1. The van der Waals surface area contributed by atoms with E-state index in [-0.39, 0.29) is 5.54 Å². The number of halogens is 1. The molecule has 1 rings (SSSR count). The Kier molecular flexibility index (Phi) is 6.26. The molecule has 0 saturated heterocycles. The molecule has 0 aliphatic carbocycles. The van der Waals surface area contributed by atoms with Gasteiger partial charge in [-0.05, 0) is 57.3 Å². The predicted octanol–water partition coefficient (Wildman–Crippen LogP) is 3.69. The molecule has 100 valence electrons. The molecule has 0 saturated carbocycles. The summed E-state index contributed by atoms with van der Waals surface area (Å²) in [6.45, 7) is 7.10. The molecule has 0 heterocycles. The zero-order chi connectivity index (χ0) is 13.6. The third kappa shape index (κ3) is 7.09. The molecule has 0 aliphatic heterocycles. The first kappa shape index (κ1) is 15.6. The molecule has 1 aromatic carbocycles. The highest BCUT2D eigenvalue weighted by molar-refractivity contribution is 7.99. The van der Waals surface area contributed by atoms with E-state index in [1.54, 1.807) is 11.8 Å². The molecule has 1 aromatic rings. The third-order valence-electron chi connectivity index (χ3n) is 1.96. The van der Waals surface area contributed by atoms with Crippen LogP contribution in [0.2, 0.25) is 5.02 Å². The molecule has 0 aliphatic rings. The van der Waals surface area contributed by atoms with Crippen molar-refractivity contribution in [3.05, 3.63) is 29.3 Å². The topological polar surface area (TPSA) is 24.1 Å². The highest BCUT2D eigenvalue weighted by Crippen LogP contribution is 2.19. The largest absolute Gasteiger partial charge is 0.362 e. The van der Waals surface area contributed by atoms with Gasteiger partial charge in [-0.3, -0.25) is 0 Å². The Morgan fingerprint density at radius 3 is 2.44 bits per heavy atom. The second kappa shape index (κ2) is 7.22. The summed E-state index contributed by atoms with van der Waals surface area (Å²) in [5, 5.41) is 7.89. The highest BCUT2D eigenvalue weighted by atomic mass is 35.5. The highest BCUT2D eigenvalue weighted by Gasteiger charge is 2.10. The zero-order valence-electron chi connectivity index (χ0n) is 10.9. The van der Waals surface area contributed by atoms with Crippen LogP contribution in [-0.4, -0.2) is 22.9 Å². The average molecular weight is 303 g/mol. The lowest BCUT2D eigenvalue weighted by molar-refractivity contribution is 0.508. The van der Waals surface area contributed by atoms with E-state index in [9.17, 15) is 0 Å². The van der Waals surface area contributed by atoms with Crippen molar-refractivity contribution in [3.8, 4) is 0 Å². The fraction of sp³-hybridized carbons (Fsp3) is 0.462. The first-order valence-corrected chi connectivity index (χ1v) is 7.58. The maximum absolute atomic E-state index is 5.83. The summed E-state index contributed by atoms with van der Waals surface area (Å²) in [6, 6.07) is 7.86. The Bertz CT molecular complexity index is 385. The van der Waals surface area contributed by atoms with Crippen LogP contribution in [0.1, 0.15) is 20.8 Å². The minimum atomic E-state index is 0.00735. The molecule has 2 nitrogen and oxygen atoms in total. The molecule has 0 spiro atoms. The van der Waals surface area contributed by atoms with Crippen molar-refractivity contribution in [1.82, 2.24) is 10.6 Å². The quantitative estimate of drug-likeness (QED) is 0.503. The number of rotatable bonds is 4. The molecule has 18 heavy (non-hydrogen) atoms. The van der Waals surface area contributed by atoms with Gasteiger partial charge < -0.3 is 10.6 Å². The van der Waals surface area contributed by atoms with Crippen molar-refractivity contribution in [2.24, 2.45) is 0 Å². The number of nitrogens with one attached hydrogen (secondary N) is 2. The van der Waals surface area contributed by atoms with E-state index < -0.39 is 0 Å². The number of thioether (sulfide) groups is 1. The molecular formula is C13H19ClN2S2. The van der Waals surface area contributed by atoms with Gasteiger partial charge in [-0.2, -0.15) is 0 Å². The first-order valence-electron chi connectivity index (χ1n) is 5.81. The van der Waals surface area contributed by atoms with E-state index in [0.717, 1.165) is 17.3 Å². The van der Waals surface area contributed by atoms with Crippen LogP contribution < -0.4 is 10.6 Å². The summed E-state index contributed by atoms with van der Waals surface area (Å²) in [4.78, 5) is 1.22. The van der Waals surface area contributed by atoms with Gasteiger partial charge in [-0.1, -0.05) is 11.6 Å². The van der Waals surface area contributed by atoms with Crippen molar-refractivity contribution in [1.29, 1.82) is 0 Å². The minimum absolute atomic E-state index is 0.00735. The monoisotopic (exact) mass is 302 g/mol. The lowest BCUT2D eigenvalue weighted by Gasteiger charge is -2.22. The molecule has 0 radical (unpaired) electrons. The van der Waals surface area contributed by atoms with E-state index >= 15 is 0 Å². The van der Waals surface area contributed by atoms with Crippen LogP contribution in [0.15, 0.2) is 29.2 Å². The van der Waals surface area contributed by atoms with Crippen LogP contribution in [-0.2, 0) is 0 Å². The van der Waals surface area contributed by atoms with Gasteiger partial charge in [0.05, 0.1) is 0 Å². The molecule has 0 bridgehead atoms. The van der Waals surface area contributed by atoms with Crippen LogP contribution in [0.25, 0.3) is 0 Å². The SMILES string of the molecule is CC(C)(C)NC(=S)NCCSc1ccc(Cl)cc1. The molecule has 2 N–H and O–H groups in total. The van der Waals surface area contributed by atoms with E-state index in [4.69, 9.17) is 23.8 Å². The average Bonchev–Trinajstić information content (AvgIpc) is 2.24. The van der Waals surface area contributed by atoms with Gasteiger partial charge in [-0.25, -0.2) is 0 Å². The zero-order valence-corrected chi connectivity index (χ0v) is 13.3. The summed E-state index contributed by atoms with van der Waals surface area (Å²) >= 11 is 12.8. The van der Waals surface area contributed by atoms with Crippen LogP contribution >= 0.6 is 35.6 Å². The Morgan fingerprint density at radius 2 is 1.89 bits per heavy atom. The third-order valence-corrected chi connectivity index (χ3v) is 3.47. The fourth-order valence-electron chi connectivity index (χ4n) is 1.25. The van der Waals surface area contributed by atoms with Crippen molar-refractivity contribution in [3.63, 3.8) is 0 Å². The number of hydrogen-bond acceptors (Lipinski definition) is 2. The minimum Gasteiger partial charge on any atom is -0.362 e. The smallest absolute Gasteiger partial charge is 0.166 e. The van der Waals surface area contributed by atoms with Gasteiger partial charge in [0.1, 0.15) is 0 Å². The van der Waals surface area contributed by atoms with E-state index in [2.05, 4.69) is 31.4 Å². The van der Waals surface area contributed by atoms with E-state index in [0.29, 0.717) is 5.11 Å². The molecular weight excluding hydrogens is 284 g/mol. The number of hydrogen-bond donors (Lipinski definition) is 2. The second-order valence-corrected chi connectivity index (χ2v) is 6.95.